The molecule has 19 heavy (non-hydrogen) atoms. The van der Waals surface area contributed by atoms with E-state index in [1.54, 1.807) is 6.20 Å². The summed E-state index contributed by atoms with van der Waals surface area (Å²) in [4.78, 5) is 6.58. The predicted molar refractivity (Wildman–Crippen MR) is 75.0 cm³/mol. The molecule has 1 unspecified atom stereocenters. The molecule has 5 heteroatoms. The highest BCUT2D eigenvalue weighted by Crippen LogP contribution is 2.20. The SMILES string of the molecule is CCC1CCCN(Cc2ccnc(C(N)=NO)c2)C1. The number of amidine groups is 1. The van der Waals surface area contributed by atoms with Crippen LogP contribution in [0.25, 0.3) is 0 Å². The average molecular weight is 262 g/mol. The van der Waals surface area contributed by atoms with Crippen LogP contribution in [0.2, 0.25) is 0 Å². The summed E-state index contributed by atoms with van der Waals surface area (Å²) >= 11 is 0. The number of aromatic nitrogens is 1. The number of oxime groups is 1. The van der Waals surface area contributed by atoms with E-state index in [9.17, 15) is 0 Å². The second-order valence-corrected chi connectivity index (χ2v) is 5.19. The fourth-order valence-electron chi connectivity index (χ4n) is 2.65. The monoisotopic (exact) mass is 262 g/mol. The molecule has 1 saturated heterocycles. The van der Waals surface area contributed by atoms with Gasteiger partial charge in [-0.15, -0.1) is 0 Å². The molecule has 0 spiro atoms. The number of pyridine rings is 1. The maximum Gasteiger partial charge on any atom is 0.188 e. The summed E-state index contributed by atoms with van der Waals surface area (Å²) in [6.07, 6.45) is 5.58. The van der Waals surface area contributed by atoms with Crippen molar-refractivity contribution in [2.24, 2.45) is 16.8 Å². The van der Waals surface area contributed by atoms with Crippen LogP contribution < -0.4 is 5.73 Å². The zero-order valence-electron chi connectivity index (χ0n) is 11.4. The predicted octanol–water partition coefficient (Wildman–Crippen LogP) is 1.80. The van der Waals surface area contributed by atoms with Crippen LogP contribution in [0.5, 0.6) is 0 Å². The minimum absolute atomic E-state index is 0.0620. The van der Waals surface area contributed by atoms with Gasteiger partial charge in [-0.2, -0.15) is 0 Å². The fourth-order valence-corrected chi connectivity index (χ4v) is 2.65. The van der Waals surface area contributed by atoms with Gasteiger partial charge >= 0.3 is 0 Å². The van der Waals surface area contributed by atoms with Crippen molar-refractivity contribution in [2.75, 3.05) is 13.1 Å². The van der Waals surface area contributed by atoms with Gasteiger partial charge in [0.05, 0.1) is 0 Å². The van der Waals surface area contributed by atoms with Gasteiger partial charge in [0.1, 0.15) is 5.69 Å². The zero-order valence-corrected chi connectivity index (χ0v) is 11.4. The summed E-state index contributed by atoms with van der Waals surface area (Å²) in [5.74, 6) is 0.881. The molecule has 0 amide bonds. The van der Waals surface area contributed by atoms with Crippen LogP contribution in [-0.2, 0) is 6.54 Å². The van der Waals surface area contributed by atoms with Crippen molar-refractivity contribution in [3.05, 3.63) is 29.6 Å². The van der Waals surface area contributed by atoms with E-state index in [0.717, 1.165) is 31.1 Å². The van der Waals surface area contributed by atoms with E-state index in [2.05, 4.69) is 22.0 Å². The molecule has 1 aliphatic heterocycles. The first kappa shape index (κ1) is 13.8. The summed E-state index contributed by atoms with van der Waals surface area (Å²) in [5.41, 5.74) is 7.26. The molecule has 0 aromatic carbocycles. The van der Waals surface area contributed by atoms with Crippen molar-refractivity contribution in [1.29, 1.82) is 0 Å². The molecule has 2 heterocycles. The standard InChI is InChI=1S/C14H22N4O/c1-2-11-4-3-7-18(9-11)10-12-5-6-16-13(8-12)14(15)17-19/h5-6,8,11,19H,2-4,7,9-10H2,1H3,(H2,15,17). The number of rotatable bonds is 4. The van der Waals surface area contributed by atoms with Crippen molar-refractivity contribution >= 4 is 5.84 Å². The van der Waals surface area contributed by atoms with Crippen LogP contribution in [0, 0.1) is 5.92 Å². The molecule has 2 rings (SSSR count). The normalized spacial score (nSPS) is 21.5. The molecule has 1 fully saturated rings. The van der Waals surface area contributed by atoms with Crippen LogP contribution in [0.15, 0.2) is 23.5 Å². The van der Waals surface area contributed by atoms with Crippen LogP contribution in [0.3, 0.4) is 0 Å². The Morgan fingerprint density at radius 2 is 2.47 bits per heavy atom. The minimum Gasteiger partial charge on any atom is -0.409 e. The quantitative estimate of drug-likeness (QED) is 0.375. The van der Waals surface area contributed by atoms with E-state index in [4.69, 9.17) is 10.9 Å². The highest BCUT2D eigenvalue weighted by Gasteiger charge is 2.18. The number of hydrogen-bond acceptors (Lipinski definition) is 4. The Kier molecular flexibility index (Phi) is 4.74. The lowest BCUT2D eigenvalue weighted by atomic mass is 9.95. The van der Waals surface area contributed by atoms with Crippen molar-refractivity contribution in [3.63, 3.8) is 0 Å². The number of likely N-dealkylation sites (tertiary alicyclic amines) is 1. The molecule has 0 saturated carbocycles. The van der Waals surface area contributed by atoms with E-state index < -0.39 is 0 Å². The van der Waals surface area contributed by atoms with E-state index in [1.807, 2.05) is 12.1 Å². The molecule has 0 aliphatic carbocycles. The molecular weight excluding hydrogens is 240 g/mol. The third-order valence-corrected chi connectivity index (χ3v) is 3.78. The number of hydrogen-bond donors (Lipinski definition) is 2. The molecule has 0 radical (unpaired) electrons. The van der Waals surface area contributed by atoms with E-state index in [-0.39, 0.29) is 5.84 Å². The van der Waals surface area contributed by atoms with Gasteiger partial charge in [0.15, 0.2) is 5.84 Å². The molecule has 3 N–H and O–H groups in total. The molecular formula is C14H22N4O. The van der Waals surface area contributed by atoms with Gasteiger partial charge in [0, 0.05) is 19.3 Å². The van der Waals surface area contributed by atoms with Crippen molar-refractivity contribution < 1.29 is 5.21 Å². The van der Waals surface area contributed by atoms with Gasteiger partial charge in [0.2, 0.25) is 0 Å². The van der Waals surface area contributed by atoms with Gasteiger partial charge in [0.25, 0.3) is 0 Å². The second-order valence-electron chi connectivity index (χ2n) is 5.19. The minimum atomic E-state index is 0.0620. The number of piperidine rings is 1. The second kappa shape index (κ2) is 6.52. The van der Waals surface area contributed by atoms with Gasteiger partial charge in [-0.1, -0.05) is 18.5 Å². The molecule has 1 atom stereocenters. The summed E-state index contributed by atoms with van der Waals surface area (Å²) in [6.45, 7) is 5.48. The molecule has 0 bridgehead atoms. The van der Waals surface area contributed by atoms with Crippen molar-refractivity contribution in [1.82, 2.24) is 9.88 Å². The molecule has 5 nitrogen and oxygen atoms in total. The average Bonchev–Trinajstić information content (AvgIpc) is 2.47. The lowest BCUT2D eigenvalue weighted by molar-refractivity contribution is 0.164. The topological polar surface area (TPSA) is 74.7 Å². The summed E-state index contributed by atoms with van der Waals surface area (Å²) < 4.78 is 0. The van der Waals surface area contributed by atoms with Crippen molar-refractivity contribution in [2.45, 2.75) is 32.7 Å². The highest BCUT2D eigenvalue weighted by atomic mass is 16.4. The molecule has 104 valence electrons. The Hall–Kier alpha value is -1.62. The summed E-state index contributed by atoms with van der Waals surface area (Å²) in [5, 5.41) is 11.7. The first-order valence-corrected chi connectivity index (χ1v) is 6.88. The lowest BCUT2D eigenvalue weighted by Crippen LogP contribution is -2.34. The Bertz CT molecular complexity index is 447. The third-order valence-electron chi connectivity index (χ3n) is 3.78. The zero-order chi connectivity index (χ0) is 13.7. The lowest BCUT2D eigenvalue weighted by Gasteiger charge is -2.32. The van der Waals surface area contributed by atoms with Crippen LogP contribution >= 0.6 is 0 Å². The van der Waals surface area contributed by atoms with Crippen LogP contribution in [-0.4, -0.2) is 34.0 Å². The first-order valence-electron chi connectivity index (χ1n) is 6.88. The summed E-state index contributed by atoms with van der Waals surface area (Å²) in [6, 6.07) is 3.88. The number of nitrogens with two attached hydrogens (primary N) is 1. The van der Waals surface area contributed by atoms with Gasteiger partial charge in [-0.3, -0.25) is 9.88 Å². The highest BCUT2D eigenvalue weighted by molar-refractivity contribution is 5.95. The largest absolute Gasteiger partial charge is 0.409 e. The first-order chi connectivity index (χ1) is 9.22. The Labute approximate surface area is 114 Å². The summed E-state index contributed by atoms with van der Waals surface area (Å²) in [7, 11) is 0. The van der Waals surface area contributed by atoms with Crippen LogP contribution in [0.4, 0.5) is 0 Å². The smallest absolute Gasteiger partial charge is 0.188 e. The van der Waals surface area contributed by atoms with E-state index in [1.165, 1.54) is 19.3 Å². The van der Waals surface area contributed by atoms with Gasteiger partial charge < -0.3 is 10.9 Å². The van der Waals surface area contributed by atoms with E-state index >= 15 is 0 Å². The van der Waals surface area contributed by atoms with Gasteiger partial charge in [-0.05, 0) is 43.0 Å². The molecule has 1 aromatic rings. The molecule has 1 aromatic heterocycles. The Morgan fingerprint density at radius 3 is 3.21 bits per heavy atom. The fraction of sp³-hybridized carbons (Fsp3) is 0.571. The maximum atomic E-state index is 8.68. The van der Waals surface area contributed by atoms with Crippen molar-refractivity contribution in [3.8, 4) is 0 Å². The Balaban J connectivity index is 2.02. The van der Waals surface area contributed by atoms with E-state index in [0.29, 0.717) is 5.69 Å². The number of nitrogens with zero attached hydrogens (tertiary/aromatic N) is 3. The van der Waals surface area contributed by atoms with Crippen LogP contribution in [0.1, 0.15) is 37.4 Å². The molecule has 1 aliphatic rings. The Morgan fingerprint density at radius 1 is 1.63 bits per heavy atom. The maximum absolute atomic E-state index is 8.68. The third kappa shape index (κ3) is 3.67. The van der Waals surface area contributed by atoms with Gasteiger partial charge in [-0.25, -0.2) is 0 Å².